The molecule has 0 atom stereocenters. The Bertz CT molecular complexity index is 767. The summed E-state index contributed by atoms with van der Waals surface area (Å²) >= 11 is 0. The second-order valence-electron chi connectivity index (χ2n) is 5.28. The van der Waals surface area contributed by atoms with E-state index in [1.54, 1.807) is 12.3 Å². The zero-order valence-electron chi connectivity index (χ0n) is 11.5. The lowest BCUT2D eigenvalue weighted by Crippen LogP contribution is -2.40. The molecule has 1 amide bonds. The molecule has 0 unspecified atom stereocenters. The highest BCUT2D eigenvalue weighted by molar-refractivity contribution is 7.91. The predicted octanol–water partition coefficient (Wildman–Crippen LogP) is 1.54. The summed E-state index contributed by atoms with van der Waals surface area (Å²) in [6, 6.07) is 9.13. The summed E-state index contributed by atoms with van der Waals surface area (Å²) in [7, 11) is -2.91. The highest BCUT2D eigenvalue weighted by Gasteiger charge is 2.25. The standard InChI is InChI=1S/C15H16N2O3S/c18-15(17-12-6-9-21(19,20)10-7-12)13-5-1-3-11-4-2-8-16-14(11)13/h1-5,8,12H,6-7,9-10H2,(H,17,18). The van der Waals surface area contributed by atoms with Gasteiger partial charge in [-0.15, -0.1) is 0 Å². The number of aromatic nitrogens is 1. The number of benzene rings is 1. The molecule has 2 aromatic rings. The minimum Gasteiger partial charge on any atom is -0.349 e. The van der Waals surface area contributed by atoms with Crippen molar-refractivity contribution < 1.29 is 13.2 Å². The van der Waals surface area contributed by atoms with E-state index in [0.717, 1.165) is 5.39 Å². The number of carbonyl (C=O) groups excluding carboxylic acids is 1. The number of fused-ring (bicyclic) bond motifs is 1. The lowest BCUT2D eigenvalue weighted by Gasteiger charge is -2.23. The van der Waals surface area contributed by atoms with Crippen LogP contribution in [0.2, 0.25) is 0 Å². The van der Waals surface area contributed by atoms with E-state index in [-0.39, 0.29) is 23.5 Å². The molecule has 1 saturated heterocycles. The fourth-order valence-corrected chi connectivity index (χ4v) is 4.08. The molecule has 1 aromatic heterocycles. The summed E-state index contributed by atoms with van der Waals surface area (Å²) in [6.45, 7) is 0. The van der Waals surface area contributed by atoms with Crippen LogP contribution >= 0.6 is 0 Å². The van der Waals surface area contributed by atoms with Crippen LogP contribution in [0.3, 0.4) is 0 Å². The maximum Gasteiger partial charge on any atom is 0.253 e. The minimum absolute atomic E-state index is 0.0833. The van der Waals surface area contributed by atoms with E-state index >= 15 is 0 Å². The second kappa shape index (κ2) is 5.44. The molecule has 0 aliphatic carbocycles. The van der Waals surface area contributed by atoms with Gasteiger partial charge in [-0.2, -0.15) is 0 Å². The van der Waals surface area contributed by atoms with Gasteiger partial charge in [-0.05, 0) is 25.0 Å². The number of carbonyl (C=O) groups is 1. The average molecular weight is 304 g/mol. The summed E-state index contributed by atoms with van der Waals surface area (Å²) < 4.78 is 22.8. The molecule has 1 aliphatic rings. The number of rotatable bonds is 2. The number of pyridine rings is 1. The van der Waals surface area contributed by atoms with Crippen LogP contribution < -0.4 is 5.32 Å². The van der Waals surface area contributed by atoms with Crippen LogP contribution in [0.5, 0.6) is 0 Å². The lowest BCUT2D eigenvalue weighted by atomic mass is 10.1. The van der Waals surface area contributed by atoms with Gasteiger partial charge in [0.05, 0.1) is 22.6 Å². The Morgan fingerprint density at radius 3 is 2.62 bits per heavy atom. The van der Waals surface area contributed by atoms with Gasteiger partial charge >= 0.3 is 0 Å². The fraction of sp³-hybridized carbons (Fsp3) is 0.333. The zero-order chi connectivity index (χ0) is 14.9. The van der Waals surface area contributed by atoms with Gasteiger partial charge in [0, 0.05) is 17.6 Å². The molecule has 0 bridgehead atoms. The van der Waals surface area contributed by atoms with Gasteiger partial charge in [0.15, 0.2) is 0 Å². The van der Waals surface area contributed by atoms with Gasteiger partial charge in [0.2, 0.25) is 0 Å². The van der Waals surface area contributed by atoms with E-state index in [1.165, 1.54) is 0 Å². The third-order valence-electron chi connectivity index (χ3n) is 3.77. The van der Waals surface area contributed by atoms with E-state index in [2.05, 4.69) is 10.3 Å². The number of hydrogen-bond donors (Lipinski definition) is 1. The molecule has 2 heterocycles. The molecule has 6 heteroatoms. The SMILES string of the molecule is O=C(NC1CCS(=O)(=O)CC1)c1cccc2cccnc12. The van der Waals surface area contributed by atoms with Crippen molar-refractivity contribution in [3.05, 3.63) is 42.1 Å². The Morgan fingerprint density at radius 1 is 1.14 bits per heavy atom. The topological polar surface area (TPSA) is 76.1 Å². The summed E-state index contributed by atoms with van der Waals surface area (Å²) in [6.07, 6.45) is 2.62. The summed E-state index contributed by atoms with van der Waals surface area (Å²) in [5.74, 6) is 0.0980. The second-order valence-corrected chi connectivity index (χ2v) is 7.58. The third kappa shape index (κ3) is 3.05. The van der Waals surface area contributed by atoms with Gasteiger partial charge in [0.1, 0.15) is 9.84 Å². The first kappa shape index (κ1) is 14.0. The van der Waals surface area contributed by atoms with Gasteiger partial charge in [0.25, 0.3) is 5.91 Å². The van der Waals surface area contributed by atoms with Crippen LogP contribution in [0.1, 0.15) is 23.2 Å². The largest absolute Gasteiger partial charge is 0.349 e. The molecule has 0 radical (unpaired) electrons. The molecule has 0 spiro atoms. The van der Waals surface area contributed by atoms with Crippen LogP contribution in [0.15, 0.2) is 36.5 Å². The Labute approximate surface area is 123 Å². The zero-order valence-corrected chi connectivity index (χ0v) is 12.3. The Balaban J connectivity index is 1.79. The summed E-state index contributed by atoms with van der Waals surface area (Å²) in [4.78, 5) is 16.6. The smallest absolute Gasteiger partial charge is 0.253 e. The van der Waals surface area contributed by atoms with Crippen LogP contribution in [-0.4, -0.2) is 36.9 Å². The first-order valence-electron chi connectivity index (χ1n) is 6.90. The molecule has 3 rings (SSSR count). The Hall–Kier alpha value is -1.95. The normalized spacial score (nSPS) is 18.5. The van der Waals surface area contributed by atoms with Gasteiger partial charge < -0.3 is 5.32 Å². The minimum atomic E-state index is -2.91. The maximum atomic E-state index is 12.4. The van der Waals surface area contributed by atoms with Crippen molar-refractivity contribution in [2.24, 2.45) is 0 Å². The monoisotopic (exact) mass is 304 g/mol. The first-order valence-corrected chi connectivity index (χ1v) is 8.72. The van der Waals surface area contributed by atoms with Crippen molar-refractivity contribution in [2.45, 2.75) is 18.9 Å². The van der Waals surface area contributed by atoms with Crippen molar-refractivity contribution in [2.75, 3.05) is 11.5 Å². The summed E-state index contributed by atoms with van der Waals surface area (Å²) in [5.41, 5.74) is 1.20. The number of amides is 1. The Kier molecular flexibility index (Phi) is 3.63. The van der Waals surface area contributed by atoms with Crippen molar-refractivity contribution in [3.8, 4) is 0 Å². The Morgan fingerprint density at radius 2 is 1.86 bits per heavy atom. The average Bonchev–Trinajstić information content (AvgIpc) is 2.49. The van der Waals surface area contributed by atoms with Crippen molar-refractivity contribution in [3.63, 3.8) is 0 Å². The molecule has 1 N–H and O–H groups in total. The van der Waals surface area contributed by atoms with Gasteiger partial charge in [-0.25, -0.2) is 8.42 Å². The quantitative estimate of drug-likeness (QED) is 0.913. The molecule has 110 valence electrons. The first-order chi connectivity index (χ1) is 10.1. The molecular formula is C15H16N2O3S. The molecule has 0 saturated carbocycles. The number of para-hydroxylation sites is 1. The van der Waals surface area contributed by atoms with E-state index in [1.807, 2.05) is 24.3 Å². The lowest BCUT2D eigenvalue weighted by molar-refractivity contribution is 0.0936. The highest BCUT2D eigenvalue weighted by atomic mass is 32.2. The van der Waals surface area contributed by atoms with E-state index in [0.29, 0.717) is 23.9 Å². The van der Waals surface area contributed by atoms with Crippen LogP contribution in [0.25, 0.3) is 10.9 Å². The van der Waals surface area contributed by atoms with Crippen molar-refractivity contribution in [1.29, 1.82) is 0 Å². The highest BCUT2D eigenvalue weighted by Crippen LogP contribution is 2.17. The molecule has 1 aliphatic heterocycles. The number of sulfone groups is 1. The summed E-state index contributed by atoms with van der Waals surface area (Å²) in [5, 5.41) is 3.83. The number of nitrogens with zero attached hydrogens (tertiary/aromatic N) is 1. The maximum absolute atomic E-state index is 12.4. The van der Waals surface area contributed by atoms with Crippen LogP contribution in [0.4, 0.5) is 0 Å². The van der Waals surface area contributed by atoms with Gasteiger partial charge in [-0.3, -0.25) is 9.78 Å². The molecular weight excluding hydrogens is 288 g/mol. The molecule has 5 nitrogen and oxygen atoms in total. The molecule has 1 fully saturated rings. The van der Waals surface area contributed by atoms with Gasteiger partial charge in [-0.1, -0.05) is 18.2 Å². The third-order valence-corrected chi connectivity index (χ3v) is 5.48. The van der Waals surface area contributed by atoms with Crippen LogP contribution in [0, 0.1) is 0 Å². The van der Waals surface area contributed by atoms with E-state index < -0.39 is 9.84 Å². The van der Waals surface area contributed by atoms with E-state index in [9.17, 15) is 13.2 Å². The van der Waals surface area contributed by atoms with Crippen molar-refractivity contribution in [1.82, 2.24) is 10.3 Å². The number of nitrogens with one attached hydrogen (secondary N) is 1. The number of hydrogen-bond acceptors (Lipinski definition) is 4. The fourth-order valence-electron chi connectivity index (χ4n) is 2.58. The predicted molar refractivity (Wildman–Crippen MR) is 80.9 cm³/mol. The molecule has 21 heavy (non-hydrogen) atoms. The van der Waals surface area contributed by atoms with Crippen LogP contribution in [-0.2, 0) is 9.84 Å². The van der Waals surface area contributed by atoms with E-state index in [4.69, 9.17) is 0 Å². The molecule has 1 aromatic carbocycles. The van der Waals surface area contributed by atoms with Crippen molar-refractivity contribution >= 4 is 26.6 Å².